The smallest absolute Gasteiger partial charge is 0.0500 e. The van der Waals surface area contributed by atoms with Crippen molar-refractivity contribution < 1.29 is 0 Å². The highest BCUT2D eigenvalue weighted by Gasteiger charge is 2.23. The van der Waals surface area contributed by atoms with Crippen molar-refractivity contribution in [2.24, 2.45) is 0 Å². The lowest BCUT2D eigenvalue weighted by molar-refractivity contribution is 0.463. The van der Waals surface area contributed by atoms with Crippen LogP contribution >= 0.6 is 11.6 Å². The van der Waals surface area contributed by atoms with E-state index in [-0.39, 0.29) is 0 Å². The maximum Gasteiger partial charge on any atom is 0.0500 e. The van der Waals surface area contributed by atoms with Crippen molar-refractivity contribution in [3.8, 4) is 11.3 Å². The van der Waals surface area contributed by atoms with Gasteiger partial charge < -0.3 is 10.3 Å². The fourth-order valence-electron chi connectivity index (χ4n) is 3.55. The molecule has 2 nitrogen and oxygen atoms in total. The largest absolute Gasteiger partial charge is 0.354 e. The summed E-state index contributed by atoms with van der Waals surface area (Å²) < 4.78 is 0. The second-order valence-electron chi connectivity index (χ2n) is 5.99. The number of rotatable bonds is 2. The number of H-pyrrole nitrogens is 1. The number of benzene rings is 2. The van der Waals surface area contributed by atoms with Crippen LogP contribution in [-0.4, -0.2) is 18.1 Å². The molecule has 1 fully saturated rings. The fraction of sp³-hybridized carbons (Fsp3) is 0.263. The van der Waals surface area contributed by atoms with Crippen LogP contribution in [0.15, 0.2) is 48.5 Å². The van der Waals surface area contributed by atoms with E-state index in [9.17, 15) is 0 Å². The summed E-state index contributed by atoms with van der Waals surface area (Å²) in [5.74, 6) is 0.587. The molecule has 0 saturated carbocycles. The van der Waals surface area contributed by atoms with Gasteiger partial charge in [-0.3, -0.25) is 0 Å². The molecular weight excluding hydrogens is 292 g/mol. The summed E-state index contributed by atoms with van der Waals surface area (Å²) in [7, 11) is 0. The highest BCUT2D eigenvalue weighted by atomic mass is 35.5. The van der Waals surface area contributed by atoms with Gasteiger partial charge in [-0.2, -0.15) is 0 Å². The van der Waals surface area contributed by atoms with E-state index in [1.165, 1.54) is 40.6 Å². The van der Waals surface area contributed by atoms with Gasteiger partial charge in [0.05, 0.1) is 0 Å². The number of halogens is 1. The molecule has 0 amide bonds. The van der Waals surface area contributed by atoms with Crippen LogP contribution < -0.4 is 5.32 Å². The second-order valence-corrected chi connectivity index (χ2v) is 6.43. The molecule has 3 heteroatoms. The molecular formula is C19H19ClN2. The van der Waals surface area contributed by atoms with Crippen LogP contribution in [0.2, 0.25) is 5.02 Å². The van der Waals surface area contributed by atoms with E-state index >= 15 is 0 Å². The minimum Gasteiger partial charge on any atom is -0.354 e. The van der Waals surface area contributed by atoms with Crippen molar-refractivity contribution in [2.45, 2.75) is 18.8 Å². The van der Waals surface area contributed by atoms with E-state index in [2.05, 4.69) is 52.8 Å². The molecule has 2 heterocycles. The van der Waals surface area contributed by atoms with Crippen molar-refractivity contribution in [3.05, 3.63) is 59.1 Å². The summed E-state index contributed by atoms with van der Waals surface area (Å²) in [6, 6.07) is 16.8. The lowest BCUT2D eigenvalue weighted by atomic mass is 9.86. The summed E-state index contributed by atoms with van der Waals surface area (Å²) in [4.78, 5) is 3.63. The fourth-order valence-corrected chi connectivity index (χ4v) is 3.72. The number of aromatic nitrogens is 1. The van der Waals surface area contributed by atoms with E-state index < -0.39 is 0 Å². The second kappa shape index (κ2) is 5.79. The third kappa shape index (κ3) is 2.43. The number of fused-ring (bicyclic) bond motifs is 1. The average Bonchev–Trinajstić information content (AvgIpc) is 2.95. The van der Waals surface area contributed by atoms with Crippen LogP contribution in [0.25, 0.3) is 22.2 Å². The van der Waals surface area contributed by atoms with E-state index in [0.717, 1.165) is 18.1 Å². The van der Waals surface area contributed by atoms with Gasteiger partial charge in [0.1, 0.15) is 0 Å². The predicted molar refractivity (Wildman–Crippen MR) is 93.6 cm³/mol. The Kier molecular flexibility index (Phi) is 3.65. The van der Waals surface area contributed by atoms with Gasteiger partial charge in [-0.15, -0.1) is 0 Å². The quantitative estimate of drug-likeness (QED) is 0.688. The first-order valence-electron chi connectivity index (χ1n) is 7.90. The monoisotopic (exact) mass is 310 g/mol. The highest BCUT2D eigenvalue weighted by molar-refractivity contribution is 6.31. The van der Waals surface area contributed by atoms with Gasteiger partial charge in [0.2, 0.25) is 0 Å². The van der Waals surface area contributed by atoms with Crippen molar-refractivity contribution in [1.29, 1.82) is 0 Å². The Hall–Kier alpha value is -1.77. The Balaban J connectivity index is 1.94. The van der Waals surface area contributed by atoms with Crippen molar-refractivity contribution in [3.63, 3.8) is 0 Å². The third-order valence-electron chi connectivity index (χ3n) is 4.61. The van der Waals surface area contributed by atoms with Gasteiger partial charge in [0.15, 0.2) is 0 Å². The first-order valence-corrected chi connectivity index (χ1v) is 8.28. The number of hydrogen-bond donors (Lipinski definition) is 2. The molecule has 1 aromatic heterocycles. The molecule has 4 rings (SSSR count). The van der Waals surface area contributed by atoms with E-state index in [4.69, 9.17) is 11.6 Å². The van der Waals surface area contributed by atoms with E-state index in [1.54, 1.807) is 0 Å². The molecule has 0 atom stereocenters. The Morgan fingerprint density at radius 3 is 2.50 bits per heavy atom. The molecule has 0 bridgehead atoms. The van der Waals surface area contributed by atoms with Gasteiger partial charge >= 0.3 is 0 Å². The Morgan fingerprint density at radius 2 is 1.73 bits per heavy atom. The van der Waals surface area contributed by atoms with Gasteiger partial charge in [-0.1, -0.05) is 41.9 Å². The molecule has 1 aliphatic heterocycles. The molecule has 112 valence electrons. The molecule has 0 unspecified atom stereocenters. The SMILES string of the molecule is Clc1ccc2[nH]c(-c3ccccc3)c(C3CCNCC3)c2c1. The third-order valence-corrected chi connectivity index (χ3v) is 4.85. The van der Waals surface area contributed by atoms with Crippen molar-refractivity contribution >= 4 is 22.5 Å². The number of aromatic amines is 1. The van der Waals surface area contributed by atoms with Crippen molar-refractivity contribution in [1.82, 2.24) is 10.3 Å². The predicted octanol–water partition coefficient (Wildman–Crippen LogP) is 4.96. The number of piperidine rings is 1. The average molecular weight is 311 g/mol. The molecule has 0 radical (unpaired) electrons. The molecule has 1 aliphatic rings. The van der Waals surface area contributed by atoms with E-state index in [0.29, 0.717) is 5.92 Å². The minimum absolute atomic E-state index is 0.587. The number of nitrogens with one attached hydrogen (secondary N) is 2. The molecule has 0 spiro atoms. The van der Waals surface area contributed by atoms with E-state index in [1.807, 2.05) is 6.07 Å². The highest BCUT2D eigenvalue weighted by Crippen LogP contribution is 2.39. The van der Waals surface area contributed by atoms with Crippen LogP contribution in [0.5, 0.6) is 0 Å². The lowest BCUT2D eigenvalue weighted by Crippen LogP contribution is -2.26. The first kappa shape index (κ1) is 13.9. The van der Waals surface area contributed by atoms with Gasteiger partial charge in [0.25, 0.3) is 0 Å². The molecule has 2 N–H and O–H groups in total. The Labute approximate surface area is 135 Å². The zero-order chi connectivity index (χ0) is 14.9. The maximum absolute atomic E-state index is 6.26. The van der Waals surface area contributed by atoms with Gasteiger partial charge in [-0.05, 0) is 61.2 Å². The standard InChI is InChI=1S/C19H19ClN2/c20-15-6-7-17-16(12-15)18(13-8-10-21-11-9-13)19(22-17)14-4-2-1-3-5-14/h1-7,12-13,21-22H,8-11H2. The molecule has 22 heavy (non-hydrogen) atoms. The molecule has 1 saturated heterocycles. The summed E-state index contributed by atoms with van der Waals surface area (Å²) in [5.41, 5.74) is 5.12. The zero-order valence-electron chi connectivity index (χ0n) is 12.4. The number of hydrogen-bond acceptors (Lipinski definition) is 1. The Bertz CT molecular complexity index is 786. The summed E-state index contributed by atoms with van der Waals surface area (Å²) in [6.45, 7) is 2.18. The van der Waals surface area contributed by atoms with Crippen LogP contribution in [0.1, 0.15) is 24.3 Å². The Morgan fingerprint density at radius 1 is 0.955 bits per heavy atom. The normalized spacial score (nSPS) is 16.2. The first-order chi connectivity index (χ1) is 10.8. The lowest BCUT2D eigenvalue weighted by Gasteiger charge is -2.24. The summed E-state index contributed by atoms with van der Waals surface area (Å²) in [6.07, 6.45) is 2.36. The van der Waals surface area contributed by atoms with Crippen LogP contribution in [0.4, 0.5) is 0 Å². The van der Waals surface area contributed by atoms with Crippen LogP contribution in [0, 0.1) is 0 Å². The molecule has 3 aromatic rings. The van der Waals surface area contributed by atoms with Gasteiger partial charge in [-0.25, -0.2) is 0 Å². The summed E-state index contributed by atoms with van der Waals surface area (Å²) in [5, 5.41) is 5.54. The summed E-state index contributed by atoms with van der Waals surface area (Å²) >= 11 is 6.26. The maximum atomic E-state index is 6.26. The van der Waals surface area contributed by atoms with Gasteiger partial charge in [0, 0.05) is 21.6 Å². The van der Waals surface area contributed by atoms with Crippen LogP contribution in [0.3, 0.4) is 0 Å². The zero-order valence-corrected chi connectivity index (χ0v) is 13.2. The topological polar surface area (TPSA) is 27.8 Å². The van der Waals surface area contributed by atoms with Crippen molar-refractivity contribution in [2.75, 3.05) is 13.1 Å². The van der Waals surface area contributed by atoms with Crippen LogP contribution in [-0.2, 0) is 0 Å². The molecule has 2 aromatic carbocycles. The minimum atomic E-state index is 0.587. The molecule has 0 aliphatic carbocycles.